The maximum atomic E-state index is 12.3. The molecule has 0 atom stereocenters. The molecule has 1 amide bonds. The molecular weight excluding hydrogens is 330 g/mol. The Hall–Kier alpha value is -1.85. The van der Waals surface area contributed by atoms with E-state index in [1.165, 1.54) is 0 Å². The second-order valence-corrected chi connectivity index (χ2v) is 5.99. The molecule has 0 aliphatic heterocycles. The van der Waals surface area contributed by atoms with Crippen LogP contribution in [0.5, 0.6) is 0 Å². The average Bonchev–Trinajstić information content (AvgIpc) is 2.41. The second kappa shape index (κ2) is 6.74. The number of nitrogens with two attached hydrogens (primary N) is 1. The van der Waals surface area contributed by atoms with E-state index in [4.69, 9.17) is 5.73 Å². The van der Waals surface area contributed by atoms with Crippen molar-refractivity contribution in [2.75, 3.05) is 25.1 Å². The molecule has 0 unspecified atom stereocenters. The topological polar surface area (TPSA) is 58.4 Å². The molecule has 0 aromatic heterocycles. The molecule has 0 heterocycles. The number of hydrogen-bond acceptors (Lipinski definition) is 3. The molecule has 0 bridgehead atoms. The predicted molar refractivity (Wildman–Crippen MR) is 90.3 cm³/mol. The Labute approximate surface area is 133 Å². The smallest absolute Gasteiger partial charge is 0.256 e. The SMILES string of the molecule is CN(C)Cc1cccc(NC(=O)c2cc(N)ccc2Br)c1. The molecule has 0 fully saturated rings. The summed E-state index contributed by atoms with van der Waals surface area (Å²) in [5, 5.41) is 2.90. The van der Waals surface area contributed by atoms with Crippen LogP contribution in [-0.2, 0) is 6.54 Å². The van der Waals surface area contributed by atoms with Crippen molar-refractivity contribution < 1.29 is 4.79 Å². The van der Waals surface area contributed by atoms with Gasteiger partial charge in [0.05, 0.1) is 5.56 Å². The number of nitrogens with one attached hydrogen (secondary N) is 1. The average molecular weight is 348 g/mol. The summed E-state index contributed by atoms with van der Waals surface area (Å²) in [6.07, 6.45) is 0. The van der Waals surface area contributed by atoms with Crippen molar-refractivity contribution >= 4 is 33.2 Å². The summed E-state index contributed by atoms with van der Waals surface area (Å²) in [6, 6.07) is 13.0. The third-order valence-corrected chi connectivity index (χ3v) is 3.61. The molecule has 21 heavy (non-hydrogen) atoms. The van der Waals surface area contributed by atoms with Gasteiger partial charge in [-0.3, -0.25) is 4.79 Å². The number of halogens is 1. The lowest BCUT2D eigenvalue weighted by molar-refractivity contribution is 0.102. The molecule has 4 nitrogen and oxygen atoms in total. The van der Waals surface area contributed by atoms with E-state index in [9.17, 15) is 4.79 Å². The van der Waals surface area contributed by atoms with Crippen LogP contribution in [0.25, 0.3) is 0 Å². The zero-order valence-electron chi connectivity index (χ0n) is 12.1. The van der Waals surface area contributed by atoms with Crippen LogP contribution in [0, 0.1) is 0 Å². The first kappa shape index (κ1) is 15.5. The highest BCUT2D eigenvalue weighted by atomic mass is 79.9. The van der Waals surface area contributed by atoms with Gasteiger partial charge in [0.15, 0.2) is 0 Å². The minimum Gasteiger partial charge on any atom is -0.399 e. The number of anilines is 2. The zero-order valence-corrected chi connectivity index (χ0v) is 13.6. The Balaban J connectivity index is 2.17. The third kappa shape index (κ3) is 4.31. The summed E-state index contributed by atoms with van der Waals surface area (Å²) in [5.74, 6) is -0.184. The minimum atomic E-state index is -0.184. The first-order chi connectivity index (χ1) is 9.95. The van der Waals surface area contributed by atoms with E-state index in [0.717, 1.165) is 22.3 Å². The van der Waals surface area contributed by atoms with Crippen LogP contribution in [0.3, 0.4) is 0 Å². The van der Waals surface area contributed by atoms with Crippen LogP contribution in [0.4, 0.5) is 11.4 Å². The summed E-state index contributed by atoms with van der Waals surface area (Å²) in [5.41, 5.74) is 8.73. The number of carbonyl (C=O) groups is 1. The maximum Gasteiger partial charge on any atom is 0.256 e. The van der Waals surface area contributed by atoms with Gasteiger partial charge in [0.25, 0.3) is 5.91 Å². The van der Waals surface area contributed by atoms with Gasteiger partial charge < -0.3 is 16.0 Å². The molecule has 0 aliphatic rings. The van der Waals surface area contributed by atoms with E-state index < -0.39 is 0 Å². The van der Waals surface area contributed by atoms with Crippen LogP contribution >= 0.6 is 15.9 Å². The fourth-order valence-electron chi connectivity index (χ4n) is 2.03. The Morgan fingerprint density at radius 2 is 2.00 bits per heavy atom. The number of amides is 1. The van der Waals surface area contributed by atoms with Crippen molar-refractivity contribution in [2.24, 2.45) is 0 Å². The first-order valence-electron chi connectivity index (χ1n) is 6.56. The number of nitrogen functional groups attached to an aromatic ring is 1. The largest absolute Gasteiger partial charge is 0.399 e. The van der Waals surface area contributed by atoms with Crippen LogP contribution < -0.4 is 11.1 Å². The van der Waals surface area contributed by atoms with E-state index in [2.05, 4.69) is 26.1 Å². The molecule has 3 N–H and O–H groups in total. The molecule has 0 saturated heterocycles. The van der Waals surface area contributed by atoms with Crippen molar-refractivity contribution in [1.29, 1.82) is 0 Å². The van der Waals surface area contributed by atoms with Gasteiger partial charge in [-0.1, -0.05) is 12.1 Å². The number of benzene rings is 2. The van der Waals surface area contributed by atoms with Gasteiger partial charge in [0.2, 0.25) is 0 Å². The van der Waals surface area contributed by atoms with E-state index in [0.29, 0.717) is 11.3 Å². The number of rotatable bonds is 4. The standard InChI is InChI=1S/C16H18BrN3O/c1-20(2)10-11-4-3-5-13(8-11)19-16(21)14-9-12(18)6-7-15(14)17/h3-9H,10,18H2,1-2H3,(H,19,21). The van der Waals surface area contributed by atoms with Gasteiger partial charge in [0.1, 0.15) is 0 Å². The highest BCUT2D eigenvalue weighted by Crippen LogP contribution is 2.21. The summed E-state index contributed by atoms with van der Waals surface area (Å²) < 4.78 is 0.721. The quantitative estimate of drug-likeness (QED) is 0.833. The third-order valence-electron chi connectivity index (χ3n) is 2.92. The molecule has 2 rings (SSSR count). The van der Waals surface area contributed by atoms with E-state index >= 15 is 0 Å². The Bertz CT molecular complexity index is 656. The summed E-state index contributed by atoms with van der Waals surface area (Å²) >= 11 is 3.37. The normalized spacial score (nSPS) is 10.7. The van der Waals surface area contributed by atoms with Crippen LogP contribution in [0.1, 0.15) is 15.9 Å². The highest BCUT2D eigenvalue weighted by molar-refractivity contribution is 9.10. The molecule has 5 heteroatoms. The van der Waals surface area contributed by atoms with Gasteiger partial charge in [0, 0.05) is 22.4 Å². The number of nitrogens with zero attached hydrogens (tertiary/aromatic N) is 1. The summed E-state index contributed by atoms with van der Waals surface area (Å²) in [7, 11) is 4.02. The monoisotopic (exact) mass is 347 g/mol. The fraction of sp³-hybridized carbons (Fsp3) is 0.188. The van der Waals surface area contributed by atoms with Gasteiger partial charge in [-0.05, 0) is 65.9 Å². The number of hydrogen-bond donors (Lipinski definition) is 2. The first-order valence-corrected chi connectivity index (χ1v) is 7.35. The maximum absolute atomic E-state index is 12.3. The molecule has 0 radical (unpaired) electrons. The van der Waals surface area contributed by atoms with Crippen LogP contribution in [0.2, 0.25) is 0 Å². The molecule has 0 aliphatic carbocycles. The van der Waals surface area contributed by atoms with Crippen LogP contribution in [0.15, 0.2) is 46.9 Å². The van der Waals surface area contributed by atoms with Crippen molar-refractivity contribution in [2.45, 2.75) is 6.54 Å². The molecule has 0 spiro atoms. The molecule has 110 valence electrons. The van der Waals surface area contributed by atoms with E-state index in [1.807, 2.05) is 38.4 Å². The highest BCUT2D eigenvalue weighted by Gasteiger charge is 2.11. The zero-order chi connectivity index (χ0) is 15.4. The Kier molecular flexibility index (Phi) is 4.98. The van der Waals surface area contributed by atoms with Crippen molar-refractivity contribution in [1.82, 2.24) is 4.90 Å². The lowest BCUT2D eigenvalue weighted by atomic mass is 10.1. The fourth-order valence-corrected chi connectivity index (χ4v) is 2.45. The van der Waals surface area contributed by atoms with Gasteiger partial charge in [-0.25, -0.2) is 0 Å². The lowest BCUT2D eigenvalue weighted by Crippen LogP contribution is -2.14. The Morgan fingerprint density at radius 1 is 1.24 bits per heavy atom. The van der Waals surface area contributed by atoms with Crippen molar-refractivity contribution in [3.63, 3.8) is 0 Å². The van der Waals surface area contributed by atoms with Gasteiger partial charge >= 0.3 is 0 Å². The van der Waals surface area contributed by atoms with Crippen LogP contribution in [-0.4, -0.2) is 24.9 Å². The summed E-state index contributed by atoms with van der Waals surface area (Å²) in [4.78, 5) is 14.4. The van der Waals surface area contributed by atoms with Gasteiger partial charge in [-0.15, -0.1) is 0 Å². The van der Waals surface area contributed by atoms with Gasteiger partial charge in [-0.2, -0.15) is 0 Å². The Morgan fingerprint density at radius 3 is 2.71 bits per heavy atom. The molecule has 0 saturated carbocycles. The summed E-state index contributed by atoms with van der Waals surface area (Å²) in [6.45, 7) is 0.825. The van der Waals surface area contributed by atoms with E-state index in [-0.39, 0.29) is 5.91 Å². The predicted octanol–water partition coefficient (Wildman–Crippen LogP) is 3.35. The second-order valence-electron chi connectivity index (χ2n) is 5.13. The van der Waals surface area contributed by atoms with E-state index in [1.54, 1.807) is 18.2 Å². The van der Waals surface area contributed by atoms with Crippen molar-refractivity contribution in [3.05, 3.63) is 58.1 Å². The van der Waals surface area contributed by atoms with Crippen molar-refractivity contribution in [3.8, 4) is 0 Å². The lowest BCUT2D eigenvalue weighted by Gasteiger charge is -2.12. The molecular formula is C16H18BrN3O. The minimum absolute atomic E-state index is 0.184. The molecule has 2 aromatic rings. The number of carbonyl (C=O) groups excluding carboxylic acids is 1. The molecule has 2 aromatic carbocycles.